The van der Waals surface area contributed by atoms with Gasteiger partial charge in [0.1, 0.15) is 0 Å². The Hall–Kier alpha value is -1.31. The quantitative estimate of drug-likeness (QED) is 0.543. The fourth-order valence-corrected chi connectivity index (χ4v) is 1.10. The van der Waals surface area contributed by atoms with Crippen molar-refractivity contribution in [3.63, 3.8) is 0 Å². The van der Waals surface area contributed by atoms with Crippen LogP contribution >= 0.6 is 0 Å². The van der Waals surface area contributed by atoms with Crippen LogP contribution in [0.25, 0.3) is 0 Å². The Kier molecular flexibility index (Phi) is 2.26. The predicted octanol–water partition coefficient (Wildman–Crippen LogP) is 1.59. The average molecular weight is 148 g/mol. The van der Waals surface area contributed by atoms with Crippen molar-refractivity contribution < 1.29 is 0 Å². The Labute approximate surface area is 67.2 Å². The summed E-state index contributed by atoms with van der Waals surface area (Å²) in [5.74, 6) is 0. The normalized spacial score (nSPS) is 17.0. The Morgan fingerprint density at radius 1 is 1.73 bits per heavy atom. The van der Waals surface area contributed by atoms with Crippen molar-refractivity contribution in [3.05, 3.63) is 36.2 Å². The third-order valence-electron chi connectivity index (χ3n) is 1.69. The summed E-state index contributed by atoms with van der Waals surface area (Å²) in [5.41, 5.74) is 1.94. The van der Waals surface area contributed by atoms with E-state index in [-0.39, 0.29) is 0 Å². The van der Waals surface area contributed by atoms with E-state index in [2.05, 4.69) is 29.3 Å². The third kappa shape index (κ3) is 1.40. The van der Waals surface area contributed by atoms with Crippen molar-refractivity contribution in [2.45, 2.75) is 0 Å². The Balaban J connectivity index is 3.04. The topological polar surface area (TPSA) is 15.6 Å². The second-order valence-electron chi connectivity index (χ2n) is 2.42. The first-order chi connectivity index (χ1) is 5.29. The maximum Gasteiger partial charge on any atom is 0.0853 e. The van der Waals surface area contributed by atoms with Crippen LogP contribution in [0.2, 0.25) is 0 Å². The van der Waals surface area contributed by atoms with Gasteiger partial charge >= 0.3 is 0 Å². The lowest BCUT2D eigenvalue weighted by molar-refractivity contribution is 0.469. The van der Waals surface area contributed by atoms with Gasteiger partial charge in [-0.05, 0) is 18.9 Å². The third-order valence-corrected chi connectivity index (χ3v) is 1.69. The van der Waals surface area contributed by atoms with Crippen LogP contribution < -0.4 is 0 Å². The van der Waals surface area contributed by atoms with E-state index >= 15 is 0 Å². The molecule has 0 saturated carbocycles. The first kappa shape index (κ1) is 7.79. The molecule has 0 spiro atoms. The molecule has 1 aliphatic heterocycles. The molecule has 0 unspecified atom stereocenters. The minimum Gasteiger partial charge on any atom is -0.369 e. The van der Waals surface area contributed by atoms with Gasteiger partial charge in [0.05, 0.1) is 11.4 Å². The highest BCUT2D eigenvalue weighted by Gasteiger charge is 2.07. The second-order valence-corrected chi connectivity index (χ2v) is 2.42. The van der Waals surface area contributed by atoms with Gasteiger partial charge in [-0.2, -0.15) is 0 Å². The van der Waals surface area contributed by atoms with Crippen molar-refractivity contribution in [1.29, 1.82) is 0 Å². The van der Waals surface area contributed by atoms with E-state index in [1.54, 1.807) is 6.08 Å². The summed E-state index contributed by atoms with van der Waals surface area (Å²) in [4.78, 5) is 5.96. The number of rotatable bonds is 2. The molecule has 0 aliphatic carbocycles. The molecular formula is C9H12N2. The molecular weight excluding hydrogens is 136 g/mol. The standard InChI is InChI=1S/C9H12N2/c1-4-9-8(10-2)6-5-7-11(9)3/h4-6H,1-2,7H2,3H3. The second kappa shape index (κ2) is 3.19. The molecule has 0 amide bonds. The van der Waals surface area contributed by atoms with Gasteiger partial charge in [0.15, 0.2) is 0 Å². The fraction of sp³-hybridized carbons (Fsp3) is 0.222. The maximum absolute atomic E-state index is 3.88. The summed E-state index contributed by atoms with van der Waals surface area (Å²) in [5, 5.41) is 0. The van der Waals surface area contributed by atoms with E-state index in [9.17, 15) is 0 Å². The number of likely N-dealkylation sites (N-methyl/N-ethyl adjacent to an activating group) is 1. The first-order valence-corrected chi connectivity index (χ1v) is 3.50. The number of hydrogen-bond donors (Lipinski definition) is 0. The monoisotopic (exact) mass is 148 g/mol. The molecule has 1 aliphatic rings. The first-order valence-electron chi connectivity index (χ1n) is 3.50. The number of aliphatic imine (C=N–C) groups is 1. The highest BCUT2D eigenvalue weighted by atomic mass is 15.1. The molecule has 0 saturated heterocycles. The van der Waals surface area contributed by atoms with Crippen LogP contribution in [0.15, 0.2) is 41.2 Å². The SMILES string of the molecule is C=CC1=C(N=C)C=CCN1C. The molecule has 2 nitrogen and oxygen atoms in total. The van der Waals surface area contributed by atoms with Crippen molar-refractivity contribution >= 4 is 6.72 Å². The zero-order valence-corrected chi connectivity index (χ0v) is 6.75. The van der Waals surface area contributed by atoms with Gasteiger partial charge in [-0.1, -0.05) is 12.7 Å². The molecule has 0 fully saturated rings. The van der Waals surface area contributed by atoms with E-state index < -0.39 is 0 Å². The van der Waals surface area contributed by atoms with Gasteiger partial charge < -0.3 is 4.90 Å². The molecule has 0 aromatic carbocycles. The molecule has 1 heterocycles. The zero-order chi connectivity index (χ0) is 8.27. The Morgan fingerprint density at radius 3 is 2.91 bits per heavy atom. The van der Waals surface area contributed by atoms with Crippen LogP contribution in [0.3, 0.4) is 0 Å². The minimum atomic E-state index is 0.897. The number of nitrogens with zero attached hydrogens (tertiary/aromatic N) is 2. The van der Waals surface area contributed by atoms with E-state index in [4.69, 9.17) is 0 Å². The van der Waals surface area contributed by atoms with Crippen molar-refractivity contribution in [1.82, 2.24) is 4.90 Å². The summed E-state index contributed by atoms with van der Waals surface area (Å²) in [7, 11) is 2.01. The summed E-state index contributed by atoms with van der Waals surface area (Å²) in [6.45, 7) is 8.11. The van der Waals surface area contributed by atoms with Crippen molar-refractivity contribution in [2.75, 3.05) is 13.6 Å². The van der Waals surface area contributed by atoms with E-state index in [1.165, 1.54) is 0 Å². The molecule has 0 radical (unpaired) electrons. The highest BCUT2D eigenvalue weighted by molar-refractivity contribution is 5.40. The fourth-order valence-electron chi connectivity index (χ4n) is 1.10. The van der Waals surface area contributed by atoms with Gasteiger partial charge in [0, 0.05) is 13.6 Å². The molecule has 0 aromatic rings. The minimum absolute atomic E-state index is 0.897. The smallest absolute Gasteiger partial charge is 0.0853 e. The summed E-state index contributed by atoms with van der Waals surface area (Å²) in [6, 6.07) is 0. The van der Waals surface area contributed by atoms with Gasteiger partial charge in [0.2, 0.25) is 0 Å². The van der Waals surface area contributed by atoms with Crippen LogP contribution in [0.1, 0.15) is 0 Å². The average Bonchev–Trinajstić information content (AvgIpc) is 2.04. The van der Waals surface area contributed by atoms with Crippen LogP contribution in [0.5, 0.6) is 0 Å². The summed E-state index contributed by atoms with van der Waals surface area (Å²) >= 11 is 0. The lowest BCUT2D eigenvalue weighted by atomic mass is 10.2. The van der Waals surface area contributed by atoms with Gasteiger partial charge in [-0.3, -0.25) is 4.99 Å². The number of hydrogen-bond acceptors (Lipinski definition) is 2. The van der Waals surface area contributed by atoms with Gasteiger partial charge in [-0.15, -0.1) is 0 Å². The molecule has 2 heteroatoms. The van der Waals surface area contributed by atoms with Crippen LogP contribution in [0, 0.1) is 0 Å². The maximum atomic E-state index is 3.88. The van der Waals surface area contributed by atoms with Crippen LogP contribution in [-0.4, -0.2) is 25.2 Å². The summed E-state index contributed by atoms with van der Waals surface area (Å²) in [6.07, 6.45) is 5.81. The zero-order valence-electron chi connectivity index (χ0n) is 6.75. The molecule has 11 heavy (non-hydrogen) atoms. The van der Waals surface area contributed by atoms with Crippen molar-refractivity contribution in [3.8, 4) is 0 Å². The van der Waals surface area contributed by atoms with E-state index in [1.807, 2.05) is 13.1 Å². The predicted molar refractivity (Wildman–Crippen MR) is 48.5 cm³/mol. The molecule has 1 rings (SSSR count). The number of allylic oxidation sites excluding steroid dienone is 2. The Morgan fingerprint density at radius 2 is 2.45 bits per heavy atom. The van der Waals surface area contributed by atoms with Gasteiger partial charge in [0.25, 0.3) is 0 Å². The molecule has 0 N–H and O–H groups in total. The van der Waals surface area contributed by atoms with Gasteiger partial charge in [-0.25, -0.2) is 0 Å². The lowest BCUT2D eigenvalue weighted by Crippen LogP contribution is -2.20. The van der Waals surface area contributed by atoms with E-state index in [0.717, 1.165) is 17.9 Å². The van der Waals surface area contributed by atoms with E-state index in [0.29, 0.717) is 0 Å². The van der Waals surface area contributed by atoms with Crippen LogP contribution in [-0.2, 0) is 0 Å². The molecule has 0 bridgehead atoms. The van der Waals surface area contributed by atoms with Crippen molar-refractivity contribution in [2.24, 2.45) is 4.99 Å². The Bertz CT molecular complexity index is 236. The van der Waals surface area contributed by atoms with Crippen LogP contribution in [0.4, 0.5) is 0 Å². The highest BCUT2D eigenvalue weighted by Crippen LogP contribution is 2.16. The molecule has 0 aromatic heterocycles. The largest absolute Gasteiger partial charge is 0.369 e. The lowest BCUT2D eigenvalue weighted by Gasteiger charge is -2.22. The molecule has 58 valence electrons. The molecule has 0 atom stereocenters. The summed E-state index contributed by atoms with van der Waals surface area (Å²) < 4.78 is 0.